The van der Waals surface area contributed by atoms with Gasteiger partial charge in [-0.05, 0) is 28.4 Å². The van der Waals surface area contributed by atoms with Crippen molar-refractivity contribution < 1.29 is 14.4 Å². The maximum absolute atomic E-state index is 11.1. The van der Waals surface area contributed by atoms with Gasteiger partial charge in [-0.2, -0.15) is 0 Å². The zero-order valence-electron chi connectivity index (χ0n) is 11.2. The number of alkyl halides is 1. The molecule has 1 fully saturated rings. The molecule has 2 rings (SSSR count). The molecule has 0 radical (unpaired) electrons. The van der Waals surface area contributed by atoms with Gasteiger partial charge in [0.2, 0.25) is 5.75 Å². The van der Waals surface area contributed by atoms with Crippen molar-refractivity contribution in [1.82, 2.24) is 0 Å². The molecule has 0 bridgehead atoms. The Kier molecular flexibility index (Phi) is 5.71. The Hall–Kier alpha value is -0.560. The number of hydrogen-bond donors (Lipinski definition) is 0. The highest BCUT2D eigenvalue weighted by molar-refractivity contribution is 9.10. The molecule has 116 valence electrons. The van der Waals surface area contributed by atoms with Crippen molar-refractivity contribution in [3.05, 3.63) is 31.7 Å². The van der Waals surface area contributed by atoms with Crippen LogP contribution < -0.4 is 4.74 Å². The Bertz CT molecular complexity index is 543. The average molecular weight is 399 g/mol. The summed E-state index contributed by atoms with van der Waals surface area (Å²) in [5.74, 6) is 0.156. The van der Waals surface area contributed by atoms with Gasteiger partial charge in [0, 0.05) is 24.1 Å². The first kappa shape index (κ1) is 16.8. The first-order chi connectivity index (χ1) is 9.93. The van der Waals surface area contributed by atoms with Crippen LogP contribution in [0, 0.1) is 10.1 Å². The minimum Gasteiger partial charge on any atom is -0.480 e. The van der Waals surface area contributed by atoms with Crippen LogP contribution in [0.2, 0.25) is 5.02 Å². The zero-order valence-corrected chi connectivity index (χ0v) is 14.3. The molecular weight excluding hydrogens is 385 g/mol. The number of ether oxygens (including phenoxy) is 2. The van der Waals surface area contributed by atoms with E-state index in [4.69, 9.17) is 32.7 Å². The smallest absolute Gasteiger partial charge is 0.313 e. The molecule has 8 heteroatoms. The maximum atomic E-state index is 11.1. The van der Waals surface area contributed by atoms with Crippen molar-refractivity contribution in [2.24, 2.45) is 0 Å². The van der Waals surface area contributed by atoms with E-state index in [1.165, 1.54) is 6.07 Å². The Balaban J connectivity index is 2.18. The van der Waals surface area contributed by atoms with E-state index in [0.717, 1.165) is 6.42 Å². The Morgan fingerprint density at radius 3 is 2.81 bits per heavy atom. The Labute approximate surface area is 140 Å². The topological polar surface area (TPSA) is 61.6 Å². The van der Waals surface area contributed by atoms with Crippen LogP contribution in [0.4, 0.5) is 5.69 Å². The van der Waals surface area contributed by atoms with E-state index in [1.54, 1.807) is 6.07 Å². The quantitative estimate of drug-likeness (QED) is 0.400. The van der Waals surface area contributed by atoms with Gasteiger partial charge < -0.3 is 9.47 Å². The van der Waals surface area contributed by atoms with E-state index >= 15 is 0 Å². The lowest BCUT2D eigenvalue weighted by Gasteiger charge is -2.40. The summed E-state index contributed by atoms with van der Waals surface area (Å²) in [5.41, 5.74) is -0.179. The molecule has 0 spiro atoms. The molecule has 1 saturated carbocycles. The number of nitro groups is 1. The summed E-state index contributed by atoms with van der Waals surface area (Å²) >= 11 is 15.2. The largest absolute Gasteiger partial charge is 0.480 e. The third-order valence-electron chi connectivity index (χ3n) is 3.15. The van der Waals surface area contributed by atoms with Crippen LogP contribution >= 0.6 is 39.1 Å². The molecular formula is C13H14BrCl2NO4. The van der Waals surface area contributed by atoms with Gasteiger partial charge in [-0.3, -0.25) is 10.1 Å². The number of rotatable bonds is 6. The standard InChI is InChI=1S/C13H14BrCl2NO4/c1-2-3-20-13-9(16)6-11(13)21-12-8(14)4-7(15)5-10(12)17(18)19/h4-5,9,11,13H,2-3,6H2,1H3. The van der Waals surface area contributed by atoms with E-state index < -0.39 is 4.92 Å². The molecule has 0 aliphatic heterocycles. The van der Waals surface area contributed by atoms with E-state index in [0.29, 0.717) is 17.5 Å². The summed E-state index contributed by atoms with van der Waals surface area (Å²) in [4.78, 5) is 10.6. The Morgan fingerprint density at radius 2 is 2.24 bits per heavy atom. The van der Waals surface area contributed by atoms with Crippen molar-refractivity contribution >= 4 is 44.8 Å². The van der Waals surface area contributed by atoms with Gasteiger partial charge in [0.15, 0.2) is 0 Å². The second-order valence-electron chi connectivity index (χ2n) is 4.74. The van der Waals surface area contributed by atoms with Gasteiger partial charge in [0.25, 0.3) is 0 Å². The van der Waals surface area contributed by atoms with Crippen molar-refractivity contribution in [1.29, 1.82) is 0 Å². The SMILES string of the molecule is CCCOC1C(Cl)CC1Oc1c(Br)cc(Cl)cc1[N+](=O)[O-]. The number of hydrogen-bond acceptors (Lipinski definition) is 4. The Morgan fingerprint density at radius 1 is 1.52 bits per heavy atom. The van der Waals surface area contributed by atoms with E-state index in [9.17, 15) is 10.1 Å². The van der Waals surface area contributed by atoms with E-state index in [-0.39, 0.29) is 34.0 Å². The fourth-order valence-electron chi connectivity index (χ4n) is 2.06. The predicted molar refractivity (Wildman–Crippen MR) is 84.5 cm³/mol. The monoisotopic (exact) mass is 397 g/mol. The van der Waals surface area contributed by atoms with Crippen LogP contribution in [-0.4, -0.2) is 29.1 Å². The molecule has 5 nitrogen and oxygen atoms in total. The second kappa shape index (κ2) is 7.13. The molecule has 0 heterocycles. The van der Waals surface area contributed by atoms with E-state index in [2.05, 4.69) is 15.9 Å². The van der Waals surface area contributed by atoms with Gasteiger partial charge in [-0.1, -0.05) is 18.5 Å². The summed E-state index contributed by atoms with van der Waals surface area (Å²) in [7, 11) is 0. The van der Waals surface area contributed by atoms with Crippen LogP contribution in [0.1, 0.15) is 19.8 Å². The number of halogens is 3. The minimum absolute atomic E-state index is 0.133. The van der Waals surface area contributed by atoms with Crippen LogP contribution in [-0.2, 0) is 4.74 Å². The first-order valence-electron chi connectivity index (χ1n) is 6.49. The number of nitro benzene ring substituents is 1. The lowest BCUT2D eigenvalue weighted by molar-refractivity contribution is -0.386. The molecule has 0 N–H and O–H groups in total. The van der Waals surface area contributed by atoms with Gasteiger partial charge in [-0.25, -0.2) is 0 Å². The summed E-state index contributed by atoms with van der Waals surface area (Å²) < 4.78 is 11.8. The third kappa shape index (κ3) is 3.80. The predicted octanol–water partition coefficient (Wildman–Crippen LogP) is 4.56. The summed E-state index contributed by atoms with van der Waals surface area (Å²) in [5, 5.41) is 11.3. The van der Waals surface area contributed by atoms with Crippen LogP contribution in [0.5, 0.6) is 5.75 Å². The maximum Gasteiger partial charge on any atom is 0.313 e. The van der Waals surface area contributed by atoms with Crippen molar-refractivity contribution in [2.75, 3.05) is 6.61 Å². The summed E-state index contributed by atoms with van der Waals surface area (Å²) in [6.45, 7) is 2.58. The molecule has 0 saturated heterocycles. The molecule has 3 atom stereocenters. The fourth-order valence-corrected chi connectivity index (χ4v) is 3.36. The van der Waals surface area contributed by atoms with Gasteiger partial charge in [0.05, 0.1) is 14.8 Å². The van der Waals surface area contributed by atoms with Crippen LogP contribution in [0.15, 0.2) is 16.6 Å². The summed E-state index contributed by atoms with van der Waals surface area (Å²) in [6.07, 6.45) is 0.906. The molecule has 0 aromatic heterocycles. The highest BCUT2D eigenvalue weighted by Gasteiger charge is 2.44. The highest BCUT2D eigenvalue weighted by atomic mass is 79.9. The second-order valence-corrected chi connectivity index (χ2v) is 6.59. The molecule has 3 unspecified atom stereocenters. The molecule has 1 aliphatic carbocycles. The minimum atomic E-state index is -0.523. The van der Waals surface area contributed by atoms with E-state index in [1.807, 2.05) is 6.92 Å². The van der Waals surface area contributed by atoms with Gasteiger partial charge >= 0.3 is 5.69 Å². The average Bonchev–Trinajstić information content (AvgIpc) is 2.40. The van der Waals surface area contributed by atoms with Crippen molar-refractivity contribution in [2.45, 2.75) is 37.4 Å². The van der Waals surface area contributed by atoms with Crippen molar-refractivity contribution in [3.63, 3.8) is 0 Å². The fraction of sp³-hybridized carbons (Fsp3) is 0.538. The first-order valence-corrected chi connectivity index (χ1v) is 8.10. The third-order valence-corrected chi connectivity index (χ3v) is 4.38. The molecule has 1 aromatic carbocycles. The van der Waals surface area contributed by atoms with Crippen molar-refractivity contribution in [3.8, 4) is 5.75 Å². The number of nitrogens with zero attached hydrogens (tertiary/aromatic N) is 1. The van der Waals surface area contributed by atoms with Gasteiger partial charge in [-0.15, -0.1) is 11.6 Å². The normalized spacial score (nSPS) is 24.5. The summed E-state index contributed by atoms with van der Waals surface area (Å²) in [6, 6.07) is 2.82. The lowest BCUT2D eigenvalue weighted by Crippen LogP contribution is -2.52. The lowest BCUT2D eigenvalue weighted by atomic mass is 9.91. The number of benzene rings is 1. The molecule has 21 heavy (non-hydrogen) atoms. The zero-order chi connectivity index (χ0) is 15.6. The van der Waals surface area contributed by atoms with Crippen LogP contribution in [0.25, 0.3) is 0 Å². The van der Waals surface area contributed by atoms with Gasteiger partial charge in [0.1, 0.15) is 12.2 Å². The van der Waals surface area contributed by atoms with Crippen LogP contribution in [0.3, 0.4) is 0 Å². The molecule has 0 amide bonds. The molecule has 1 aromatic rings. The highest BCUT2D eigenvalue weighted by Crippen LogP contribution is 2.42. The molecule has 1 aliphatic rings.